The Labute approximate surface area is 83.7 Å². The Kier molecular flexibility index (Phi) is 2.70. The molecule has 0 spiro atoms. The number of aliphatic hydroxyl groups excluding tert-OH is 1. The van der Waals surface area contributed by atoms with Crippen molar-refractivity contribution >= 4 is 0 Å². The van der Waals surface area contributed by atoms with E-state index < -0.39 is 6.10 Å². The lowest BCUT2D eigenvalue weighted by Crippen LogP contribution is -2.42. The van der Waals surface area contributed by atoms with Gasteiger partial charge in [0.1, 0.15) is 18.5 Å². The first-order valence-electron chi connectivity index (χ1n) is 4.96. The SMILES string of the molecule is CCN[C@H]1COc2ccccc2[C@H]1O. The molecule has 0 bridgehead atoms. The molecule has 2 atom stereocenters. The van der Waals surface area contributed by atoms with Gasteiger partial charge in [-0.1, -0.05) is 25.1 Å². The summed E-state index contributed by atoms with van der Waals surface area (Å²) < 4.78 is 5.54. The molecule has 0 aromatic heterocycles. The van der Waals surface area contributed by atoms with E-state index in [1.54, 1.807) is 0 Å². The van der Waals surface area contributed by atoms with Gasteiger partial charge in [-0.25, -0.2) is 0 Å². The number of para-hydroxylation sites is 1. The van der Waals surface area contributed by atoms with Crippen molar-refractivity contribution in [3.63, 3.8) is 0 Å². The minimum Gasteiger partial charge on any atom is -0.491 e. The molecule has 1 aromatic carbocycles. The van der Waals surface area contributed by atoms with Crippen LogP contribution in [0.1, 0.15) is 18.6 Å². The fourth-order valence-corrected chi connectivity index (χ4v) is 1.78. The zero-order chi connectivity index (χ0) is 9.97. The van der Waals surface area contributed by atoms with E-state index in [2.05, 4.69) is 5.32 Å². The zero-order valence-electron chi connectivity index (χ0n) is 8.23. The molecule has 1 aliphatic rings. The lowest BCUT2D eigenvalue weighted by molar-refractivity contribution is 0.0745. The molecule has 3 nitrogen and oxygen atoms in total. The highest BCUT2D eigenvalue weighted by Gasteiger charge is 2.27. The Hall–Kier alpha value is -1.06. The van der Waals surface area contributed by atoms with Gasteiger partial charge in [-0.15, -0.1) is 0 Å². The highest BCUT2D eigenvalue weighted by Crippen LogP contribution is 2.31. The van der Waals surface area contributed by atoms with Crippen molar-refractivity contribution in [3.05, 3.63) is 29.8 Å². The number of aliphatic hydroxyl groups is 1. The van der Waals surface area contributed by atoms with Crippen molar-refractivity contribution in [2.75, 3.05) is 13.2 Å². The Bertz CT molecular complexity index is 314. The first-order valence-corrected chi connectivity index (χ1v) is 4.96. The number of nitrogens with one attached hydrogen (secondary N) is 1. The van der Waals surface area contributed by atoms with Gasteiger partial charge in [-0.2, -0.15) is 0 Å². The largest absolute Gasteiger partial charge is 0.491 e. The van der Waals surface area contributed by atoms with Crippen LogP contribution >= 0.6 is 0 Å². The van der Waals surface area contributed by atoms with E-state index in [0.29, 0.717) is 6.61 Å². The summed E-state index contributed by atoms with van der Waals surface area (Å²) in [7, 11) is 0. The third kappa shape index (κ3) is 1.61. The van der Waals surface area contributed by atoms with Gasteiger partial charge in [0, 0.05) is 5.56 Å². The Morgan fingerprint density at radius 3 is 3.07 bits per heavy atom. The number of benzene rings is 1. The second-order valence-electron chi connectivity index (χ2n) is 3.46. The van der Waals surface area contributed by atoms with Crippen molar-refractivity contribution in [3.8, 4) is 5.75 Å². The Morgan fingerprint density at radius 1 is 1.50 bits per heavy atom. The van der Waals surface area contributed by atoms with Crippen molar-refractivity contribution in [2.45, 2.75) is 19.1 Å². The molecule has 76 valence electrons. The number of rotatable bonds is 2. The number of ether oxygens (including phenoxy) is 1. The van der Waals surface area contributed by atoms with Gasteiger partial charge in [0.25, 0.3) is 0 Å². The highest BCUT2D eigenvalue weighted by atomic mass is 16.5. The minimum atomic E-state index is -0.458. The van der Waals surface area contributed by atoms with E-state index in [0.717, 1.165) is 17.9 Å². The minimum absolute atomic E-state index is 0.00917. The summed E-state index contributed by atoms with van der Waals surface area (Å²) in [5.41, 5.74) is 0.879. The first kappa shape index (κ1) is 9.49. The molecule has 0 fully saturated rings. The maximum absolute atomic E-state index is 10.0. The predicted octanol–water partition coefficient (Wildman–Crippen LogP) is 1.09. The molecule has 2 rings (SSSR count). The fraction of sp³-hybridized carbons (Fsp3) is 0.455. The molecule has 0 unspecified atom stereocenters. The smallest absolute Gasteiger partial charge is 0.125 e. The molecule has 3 heteroatoms. The number of hydrogen-bond acceptors (Lipinski definition) is 3. The number of hydrogen-bond donors (Lipinski definition) is 2. The molecule has 0 saturated carbocycles. The monoisotopic (exact) mass is 193 g/mol. The van der Waals surface area contributed by atoms with Crippen LogP contribution in [0.15, 0.2) is 24.3 Å². The molecule has 1 aliphatic heterocycles. The molecule has 1 aromatic rings. The molecule has 14 heavy (non-hydrogen) atoms. The highest BCUT2D eigenvalue weighted by molar-refractivity contribution is 5.37. The quantitative estimate of drug-likeness (QED) is 0.738. The van der Waals surface area contributed by atoms with Crippen LogP contribution < -0.4 is 10.1 Å². The lowest BCUT2D eigenvalue weighted by atomic mass is 9.99. The summed E-state index contributed by atoms with van der Waals surface area (Å²) in [4.78, 5) is 0. The van der Waals surface area contributed by atoms with Crippen LogP contribution in [0.4, 0.5) is 0 Å². The van der Waals surface area contributed by atoms with E-state index in [1.807, 2.05) is 31.2 Å². The average Bonchev–Trinajstić information content (AvgIpc) is 2.23. The van der Waals surface area contributed by atoms with Crippen LogP contribution in [0, 0.1) is 0 Å². The summed E-state index contributed by atoms with van der Waals surface area (Å²) in [5.74, 6) is 0.800. The first-order chi connectivity index (χ1) is 6.83. The van der Waals surface area contributed by atoms with Gasteiger partial charge in [0.2, 0.25) is 0 Å². The van der Waals surface area contributed by atoms with E-state index in [-0.39, 0.29) is 6.04 Å². The summed E-state index contributed by atoms with van der Waals surface area (Å²) in [6.07, 6.45) is -0.458. The average molecular weight is 193 g/mol. The second-order valence-corrected chi connectivity index (χ2v) is 3.46. The van der Waals surface area contributed by atoms with Crippen LogP contribution in [0.5, 0.6) is 5.75 Å². The molecule has 1 heterocycles. The van der Waals surface area contributed by atoms with Gasteiger partial charge >= 0.3 is 0 Å². The second kappa shape index (κ2) is 3.98. The molecular formula is C11H15NO2. The number of likely N-dealkylation sites (N-methyl/N-ethyl adjacent to an activating group) is 1. The summed E-state index contributed by atoms with van der Waals surface area (Å²) in [5, 5.41) is 13.2. The van der Waals surface area contributed by atoms with Gasteiger partial charge in [0.05, 0.1) is 6.04 Å². The zero-order valence-corrected chi connectivity index (χ0v) is 8.23. The van der Waals surface area contributed by atoms with E-state index in [4.69, 9.17) is 4.74 Å². The summed E-state index contributed by atoms with van der Waals surface area (Å²) in [6.45, 7) is 3.40. The third-order valence-corrected chi connectivity index (χ3v) is 2.50. The molecule has 0 amide bonds. The Morgan fingerprint density at radius 2 is 2.29 bits per heavy atom. The van der Waals surface area contributed by atoms with Crippen molar-refractivity contribution in [1.82, 2.24) is 5.32 Å². The summed E-state index contributed by atoms with van der Waals surface area (Å²) >= 11 is 0. The van der Waals surface area contributed by atoms with Crippen LogP contribution in [0.2, 0.25) is 0 Å². The van der Waals surface area contributed by atoms with Crippen molar-refractivity contribution in [2.24, 2.45) is 0 Å². The summed E-state index contributed by atoms with van der Waals surface area (Å²) in [6, 6.07) is 7.64. The number of fused-ring (bicyclic) bond motifs is 1. The lowest BCUT2D eigenvalue weighted by Gasteiger charge is -2.30. The third-order valence-electron chi connectivity index (χ3n) is 2.50. The molecule has 2 N–H and O–H groups in total. The molecule has 0 radical (unpaired) electrons. The molecular weight excluding hydrogens is 178 g/mol. The predicted molar refractivity (Wildman–Crippen MR) is 54.4 cm³/mol. The normalized spacial score (nSPS) is 25.3. The maximum atomic E-state index is 10.0. The van der Waals surface area contributed by atoms with Crippen molar-refractivity contribution in [1.29, 1.82) is 0 Å². The topological polar surface area (TPSA) is 41.5 Å². The Balaban J connectivity index is 2.22. The van der Waals surface area contributed by atoms with Crippen LogP contribution in [-0.2, 0) is 0 Å². The molecule has 0 saturated heterocycles. The molecule has 0 aliphatic carbocycles. The maximum Gasteiger partial charge on any atom is 0.125 e. The van der Waals surface area contributed by atoms with E-state index in [9.17, 15) is 5.11 Å². The van der Waals surface area contributed by atoms with Gasteiger partial charge < -0.3 is 15.2 Å². The van der Waals surface area contributed by atoms with E-state index >= 15 is 0 Å². The standard InChI is InChI=1S/C11H15NO2/c1-2-12-9-7-14-10-6-4-3-5-8(10)11(9)13/h3-6,9,11-13H,2,7H2,1H3/t9-,11+/m0/s1. The fourth-order valence-electron chi connectivity index (χ4n) is 1.78. The van der Waals surface area contributed by atoms with Crippen LogP contribution in [0.25, 0.3) is 0 Å². The van der Waals surface area contributed by atoms with Gasteiger partial charge in [-0.3, -0.25) is 0 Å². The van der Waals surface area contributed by atoms with Gasteiger partial charge in [0.15, 0.2) is 0 Å². The van der Waals surface area contributed by atoms with Gasteiger partial charge in [-0.05, 0) is 12.6 Å². The van der Waals surface area contributed by atoms with E-state index in [1.165, 1.54) is 0 Å². The van der Waals surface area contributed by atoms with Crippen LogP contribution in [0.3, 0.4) is 0 Å². The van der Waals surface area contributed by atoms with Crippen molar-refractivity contribution < 1.29 is 9.84 Å². The van der Waals surface area contributed by atoms with Crippen LogP contribution in [-0.4, -0.2) is 24.3 Å².